The Morgan fingerprint density at radius 2 is 2.11 bits per heavy atom. The molecule has 0 bridgehead atoms. The largest absolute Gasteiger partial charge is 0.496 e. The maximum atomic E-state index is 5.26. The summed E-state index contributed by atoms with van der Waals surface area (Å²) in [7, 11) is 1.69. The molecule has 0 radical (unpaired) electrons. The predicted molar refractivity (Wildman–Crippen MR) is 89.3 cm³/mol. The molecule has 1 rings (SSSR count). The van der Waals surface area contributed by atoms with Crippen molar-refractivity contribution in [3.8, 4) is 5.75 Å². The van der Waals surface area contributed by atoms with Crippen molar-refractivity contribution in [2.45, 2.75) is 39.3 Å². The van der Waals surface area contributed by atoms with Crippen molar-refractivity contribution in [1.29, 1.82) is 0 Å². The lowest BCUT2D eigenvalue weighted by Gasteiger charge is -2.21. The van der Waals surface area contributed by atoms with Gasteiger partial charge < -0.3 is 10.1 Å². The Labute approximate surface area is 129 Å². The van der Waals surface area contributed by atoms with Crippen LogP contribution >= 0.6 is 27.7 Å². The fourth-order valence-electron chi connectivity index (χ4n) is 1.96. The summed E-state index contributed by atoms with van der Waals surface area (Å²) < 4.78 is 6.27. The number of hydrogen-bond acceptors (Lipinski definition) is 3. The zero-order chi connectivity index (χ0) is 14.3. The first-order valence-electron chi connectivity index (χ1n) is 6.75. The van der Waals surface area contributed by atoms with Crippen LogP contribution in [0.5, 0.6) is 5.75 Å². The fraction of sp³-hybridized carbons (Fsp3) is 0.600. The molecule has 0 saturated carbocycles. The molecule has 0 saturated heterocycles. The molecule has 0 heterocycles. The molecule has 4 heteroatoms. The average molecular weight is 346 g/mol. The van der Waals surface area contributed by atoms with E-state index in [4.69, 9.17) is 4.74 Å². The van der Waals surface area contributed by atoms with E-state index in [1.54, 1.807) is 7.11 Å². The maximum Gasteiger partial charge on any atom is 0.133 e. The lowest BCUT2D eigenvalue weighted by Crippen LogP contribution is -2.29. The molecule has 19 heavy (non-hydrogen) atoms. The molecular formula is C15H24BrNOS. The number of rotatable bonds is 8. The zero-order valence-electron chi connectivity index (χ0n) is 12.2. The lowest BCUT2D eigenvalue weighted by atomic mass is 10.1. The predicted octanol–water partition coefficient (Wildman–Crippen LogP) is 4.64. The lowest BCUT2D eigenvalue weighted by molar-refractivity contribution is 0.411. The summed E-state index contributed by atoms with van der Waals surface area (Å²) in [4.78, 5) is 0. The molecule has 1 aromatic carbocycles. The normalized spacial score (nSPS) is 14.2. The van der Waals surface area contributed by atoms with Crippen LogP contribution in [-0.2, 0) is 0 Å². The van der Waals surface area contributed by atoms with Crippen LogP contribution in [0.2, 0.25) is 0 Å². The Balaban J connectivity index is 2.52. The second kappa shape index (κ2) is 8.88. The molecule has 108 valence electrons. The quantitative estimate of drug-likeness (QED) is 0.693. The molecule has 0 fully saturated rings. The number of ether oxygens (including phenoxy) is 1. The molecular weight excluding hydrogens is 322 g/mol. The van der Waals surface area contributed by atoms with Gasteiger partial charge in [0, 0.05) is 12.1 Å². The number of hydrogen-bond donors (Lipinski definition) is 1. The summed E-state index contributed by atoms with van der Waals surface area (Å²) >= 11 is 5.54. The van der Waals surface area contributed by atoms with Crippen molar-refractivity contribution >= 4 is 27.7 Å². The highest BCUT2D eigenvalue weighted by molar-refractivity contribution is 9.10. The van der Waals surface area contributed by atoms with E-state index in [2.05, 4.69) is 54.2 Å². The minimum atomic E-state index is 0.351. The summed E-state index contributed by atoms with van der Waals surface area (Å²) in [5.41, 5.74) is 1.28. The third-order valence-electron chi connectivity index (χ3n) is 3.11. The van der Waals surface area contributed by atoms with Crippen LogP contribution in [0.1, 0.15) is 38.8 Å². The van der Waals surface area contributed by atoms with Crippen molar-refractivity contribution in [2.75, 3.05) is 18.6 Å². The third kappa shape index (κ3) is 5.76. The van der Waals surface area contributed by atoms with E-state index in [9.17, 15) is 0 Å². The Morgan fingerprint density at radius 3 is 2.68 bits per heavy atom. The summed E-state index contributed by atoms with van der Waals surface area (Å²) in [6.07, 6.45) is 1.21. The number of methoxy groups -OCH3 is 1. The van der Waals surface area contributed by atoms with E-state index >= 15 is 0 Å². The van der Waals surface area contributed by atoms with Gasteiger partial charge in [-0.05, 0) is 65.4 Å². The number of halogens is 1. The molecule has 2 atom stereocenters. The van der Waals surface area contributed by atoms with Crippen LogP contribution in [-0.4, -0.2) is 24.7 Å². The van der Waals surface area contributed by atoms with Gasteiger partial charge in [-0.25, -0.2) is 0 Å². The third-order valence-corrected chi connectivity index (χ3v) is 4.66. The first-order chi connectivity index (χ1) is 9.08. The molecule has 0 aliphatic carbocycles. The molecule has 0 amide bonds. The molecule has 2 nitrogen and oxygen atoms in total. The molecule has 1 N–H and O–H groups in total. The van der Waals surface area contributed by atoms with E-state index < -0.39 is 0 Å². The Kier molecular flexibility index (Phi) is 7.88. The Morgan fingerprint density at radius 1 is 1.37 bits per heavy atom. The van der Waals surface area contributed by atoms with Gasteiger partial charge in [-0.15, -0.1) is 0 Å². The Bertz CT molecular complexity index is 386. The molecule has 0 aliphatic rings. The van der Waals surface area contributed by atoms with Crippen LogP contribution in [0, 0.1) is 0 Å². The van der Waals surface area contributed by atoms with Crippen molar-refractivity contribution < 1.29 is 4.74 Å². The first-order valence-corrected chi connectivity index (χ1v) is 8.70. The second-order valence-electron chi connectivity index (χ2n) is 4.67. The van der Waals surface area contributed by atoms with Crippen LogP contribution < -0.4 is 10.1 Å². The number of nitrogens with one attached hydrogen (secondary N) is 1. The molecule has 0 aromatic heterocycles. The maximum absolute atomic E-state index is 5.26. The minimum absolute atomic E-state index is 0.351. The van der Waals surface area contributed by atoms with Crippen LogP contribution in [0.3, 0.4) is 0 Å². The molecule has 0 aliphatic heterocycles. The van der Waals surface area contributed by atoms with Gasteiger partial charge in [0.1, 0.15) is 5.75 Å². The van der Waals surface area contributed by atoms with Crippen molar-refractivity contribution in [3.63, 3.8) is 0 Å². The van der Waals surface area contributed by atoms with Crippen molar-refractivity contribution in [2.24, 2.45) is 0 Å². The highest BCUT2D eigenvalue weighted by atomic mass is 79.9. The summed E-state index contributed by atoms with van der Waals surface area (Å²) in [5.74, 6) is 3.31. The molecule has 0 spiro atoms. The highest BCUT2D eigenvalue weighted by Crippen LogP contribution is 2.28. The van der Waals surface area contributed by atoms with Gasteiger partial charge in [0.05, 0.1) is 11.6 Å². The van der Waals surface area contributed by atoms with Gasteiger partial charge in [0.2, 0.25) is 0 Å². The van der Waals surface area contributed by atoms with Gasteiger partial charge in [-0.3, -0.25) is 0 Å². The minimum Gasteiger partial charge on any atom is -0.496 e. The monoisotopic (exact) mass is 345 g/mol. The smallest absolute Gasteiger partial charge is 0.133 e. The summed E-state index contributed by atoms with van der Waals surface area (Å²) in [6.45, 7) is 6.67. The SMILES string of the molecule is CCSCCC(C)NC(C)c1ccc(OC)c(Br)c1. The number of benzene rings is 1. The van der Waals surface area contributed by atoms with E-state index in [0.717, 1.165) is 10.2 Å². The van der Waals surface area contributed by atoms with E-state index in [1.807, 2.05) is 17.8 Å². The van der Waals surface area contributed by atoms with Crippen molar-refractivity contribution in [1.82, 2.24) is 5.32 Å². The van der Waals surface area contributed by atoms with E-state index in [1.165, 1.54) is 23.5 Å². The van der Waals surface area contributed by atoms with Crippen molar-refractivity contribution in [3.05, 3.63) is 28.2 Å². The summed E-state index contributed by atoms with van der Waals surface area (Å²) in [6, 6.07) is 7.15. The average Bonchev–Trinajstić information content (AvgIpc) is 2.38. The standard InChI is InChI=1S/C15H24BrNOS/c1-5-19-9-8-11(2)17-12(3)13-6-7-15(18-4)14(16)10-13/h6-7,10-12,17H,5,8-9H2,1-4H3. The van der Waals surface area contributed by atoms with Crippen LogP contribution in [0.15, 0.2) is 22.7 Å². The highest BCUT2D eigenvalue weighted by Gasteiger charge is 2.11. The van der Waals surface area contributed by atoms with Gasteiger partial charge in [0.25, 0.3) is 0 Å². The molecule has 1 aromatic rings. The van der Waals surface area contributed by atoms with Crippen LogP contribution in [0.25, 0.3) is 0 Å². The summed E-state index contributed by atoms with van der Waals surface area (Å²) in [5, 5.41) is 3.64. The van der Waals surface area contributed by atoms with Gasteiger partial charge >= 0.3 is 0 Å². The molecule has 2 unspecified atom stereocenters. The van der Waals surface area contributed by atoms with Gasteiger partial charge in [-0.1, -0.05) is 13.0 Å². The van der Waals surface area contributed by atoms with E-state index in [0.29, 0.717) is 12.1 Å². The number of thioether (sulfide) groups is 1. The topological polar surface area (TPSA) is 21.3 Å². The Hall–Kier alpha value is -0.190. The van der Waals surface area contributed by atoms with Crippen LogP contribution in [0.4, 0.5) is 0 Å². The van der Waals surface area contributed by atoms with Gasteiger partial charge in [-0.2, -0.15) is 11.8 Å². The van der Waals surface area contributed by atoms with Gasteiger partial charge in [0.15, 0.2) is 0 Å². The fourth-order valence-corrected chi connectivity index (χ4v) is 3.33. The second-order valence-corrected chi connectivity index (χ2v) is 6.92. The zero-order valence-corrected chi connectivity index (χ0v) is 14.6. The van der Waals surface area contributed by atoms with E-state index in [-0.39, 0.29) is 0 Å². The first kappa shape index (κ1) is 16.9.